The average Bonchev–Trinajstić information content (AvgIpc) is 2.67. The molecular formula is C17H23NO. The van der Waals surface area contributed by atoms with Crippen molar-refractivity contribution in [2.24, 2.45) is 11.7 Å². The molecule has 1 fully saturated rings. The van der Waals surface area contributed by atoms with Crippen LogP contribution in [0.4, 0.5) is 0 Å². The average molecular weight is 257 g/mol. The van der Waals surface area contributed by atoms with Crippen molar-refractivity contribution >= 4 is 11.0 Å². The lowest BCUT2D eigenvalue weighted by atomic mass is 9.86. The topological polar surface area (TPSA) is 39.2 Å². The van der Waals surface area contributed by atoms with Gasteiger partial charge in [0.2, 0.25) is 0 Å². The van der Waals surface area contributed by atoms with E-state index in [1.807, 2.05) is 0 Å². The van der Waals surface area contributed by atoms with Crippen molar-refractivity contribution in [1.29, 1.82) is 0 Å². The first-order valence-corrected chi connectivity index (χ1v) is 7.48. The molecule has 1 saturated carbocycles. The Hall–Kier alpha value is -1.28. The summed E-state index contributed by atoms with van der Waals surface area (Å²) in [5, 5.41) is 1.23. The molecule has 1 aromatic heterocycles. The minimum atomic E-state index is 0.514. The molecule has 1 aliphatic carbocycles. The number of rotatable bonds is 2. The summed E-state index contributed by atoms with van der Waals surface area (Å²) in [5.74, 6) is 2.25. The van der Waals surface area contributed by atoms with Gasteiger partial charge >= 0.3 is 0 Å². The Balaban J connectivity index is 1.96. The number of furan rings is 1. The van der Waals surface area contributed by atoms with Crippen molar-refractivity contribution in [3.05, 3.63) is 35.6 Å². The molecule has 2 heteroatoms. The van der Waals surface area contributed by atoms with E-state index in [1.165, 1.54) is 43.1 Å². The zero-order valence-electron chi connectivity index (χ0n) is 11.7. The van der Waals surface area contributed by atoms with Gasteiger partial charge in [-0.15, -0.1) is 0 Å². The first kappa shape index (κ1) is 12.7. The normalized spacial score (nSPS) is 24.5. The van der Waals surface area contributed by atoms with E-state index in [4.69, 9.17) is 10.2 Å². The minimum absolute atomic E-state index is 0.514. The number of hydrogen-bond acceptors (Lipinski definition) is 2. The molecule has 0 aliphatic heterocycles. The summed E-state index contributed by atoms with van der Waals surface area (Å²) in [6, 6.07) is 8.64. The van der Waals surface area contributed by atoms with Gasteiger partial charge in [-0.1, -0.05) is 30.9 Å². The highest BCUT2D eigenvalue weighted by Crippen LogP contribution is 2.38. The van der Waals surface area contributed by atoms with Crippen molar-refractivity contribution in [3.63, 3.8) is 0 Å². The predicted octanol–water partition coefficient (Wildman–Crippen LogP) is 4.36. The van der Waals surface area contributed by atoms with Crippen LogP contribution in [0.2, 0.25) is 0 Å². The molecule has 2 aromatic rings. The number of fused-ring (bicyclic) bond motifs is 1. The third kappa shape index (κ3) is 2.55. The lowest BCUT2D eigenvalue weighted by molar-refractivity contribution is 0.355. The summed E-state index contributed by atoms with van der Waals surface area (Å²) < 4.78 is 6.09. The maximum atomic E-state index is 6.09. The van der Waals surface area contributed by atoms with Gasteiger partial charge in [0.05, 0.1) is 0 Å². The van der Waals surface area contributed by atoms with Crippen molar-refractivity contribution in [2.45, 2.75) is 44.9 Å². The molecule has 1 aromatic carbocycles. The Kier molecular flexibility index (Phi) is 3.61. The van der Waals surface area contributed by atoms with E-state index in [0.29, 0.717) is 11.8 Å². The van der Waals surface area contributed by atoms with Crippen molar-refractivity contribution < 1.29 is 4.42 Å². The summed E-state index contributed by atoms with van der Waals surface area (Å²) in [7, 11) is 0. The van der Waals surface area contributed by atoms with Crippen molar-refractivity contribution in [3.8, 4) is 0 Å². The van der Waals surface area contributed by atoms with E-state index >= 15 is 0 Å². The standard InChI is InChI=1S/C17H23NO/c1-12-7-8-16-14(9-12)10-17(19-16)15-6-4-2-3-5-13(15)11-18/h7-10,13,15H,2-6,11,18H2,1H3. The van der Waals surface area contributed by atoms with Gasteiger partial charge in [0.25, 0.3) is 0 Å². The van der Waals surface area contributed by atoms with Crippen LogP contribution in [0.15, 0.2) is 28.7 Å². The summed E-state index contributed by atoms with van der Waals surface area (Å²) in [5.41, 5.74) is 8.28. The van der Waals surface area contributed by atoms with Crippen molar-refractivity contribution in [2.75, 3.05) is 6.54 Å². The molecule has 2 N–H and O–H groups in total. The molecule has 0 radical (unpaired) electrons. The number of hydrogen-bond donors (Lipinski definition) is 1. The molecule has 0 saturated heterocycles. The molecule has 1 aliphatic rings. The van der Waals surface area contributed by atoms with Crippen LogP contribution in [0, 0.1) is 12.8 Å². The van der Waals surface area contributed by atoms with Crippen molar-refractivity contribution in [1.82, 2.24) is 0 Å². The summed E-state index contributed by atoms with van der Waals surface area (Å²) in [6.07, 6.45) is 6.43. The molecule has 1 heterocycles. The molecule has 2 unspecified atom stereocenters. The van der Waals surface area contributed by atoms with Gasteiger partial charge in [-0.25, -0.2) is 0 Å². The highest BCUT2D eigenvalue weighted by Gasteiger charge is 2.26. The van der Waals surface area contributed by atoms with Crippen LogP contribution in [0.1, 0.15) is 49.3 Å². The zero-order valence-corrected chi connectivity index (χ0v) is 11.7. The van der Waals surface area contributed by atoms with Crippen LogP contribution in [-0.2, 0) is 0 Å². The maximum absolute atomic E-state index is 6.09. The fourth-order valence-electron chi connectivity index (χ4n) is 3.41. The Morgan fingerprint density at radius 3 is 2.84 bits per heavy atom. The second kappa shape index (κ2) is 5.38. The molecule has 102 valence electrons. The fraction of sp³-hybridized carbons (Fsp3) is 0.529. The molecule has 0 amide bonds. The highest BCUT2D eigenvalue weighted by molar-refractivity contribution is 5.78. The molecule has 3 rings (SSSR count). The molecular weight excluding hydrogens is 234 g/mol. The molecule has 0 bridgehead atoms. The van der Waals surface area contributed by atoms with E-state index in [1.54, 1.807) is 0 Å². The quantitative estimate of drug-likeness (QED) is 0.812. The van der Waals surface area contributed by atoms with Gasteiger partial charge in [0.1, 0.15) is 11.3 Å². The fourth-order valence-corrected chi connectivity index (χ4v) is 3.41. The molecule has 19 heavy (non-hydrogen) atoms. The summed E-state index contributed by atoms with van der Waals surface area (Å²) >= 11 is 0. The van der Waals surface area contributed by atoms with E-state index in [-0.39, 0.29) is 0 Å². The van der Waals surface area contributed by atoms with Crippen LogP contribution < -0.4 is 5.73 Å². The Morgan fingerprint density at radius 2 is 2.00 bits per heavy atom. The third-order valence-electron chi connectivity index (χ3n) is 4.52. The Labute approximate surface area is 115 Å². The second-order valence-corrected chi connectivity index (χ2v) is 5.93. The number of nitrogens with two attached hydrogens (primary N) is 1. The predicted molar refractivity (Wildman–Crippen MR) is 79.3 cm³/mol. The van der Waals surface area contributed by atoms with E-state index in [2.05, 4.69) is 31.2 Å². The van der Waals surface area contributed by atoms with Crippen LogP contribution in [0.5, 0.6) is 0 Å². The SMILES string of the molecule is Cc1ccc2oc(C3CCCCCC3CN)cc2c1. The van der Waals surface area contributed by atoms with Gasteiger partial charge < -0.3 is 10.2 Å². The molecule has 2 atom stereocenters. The Bertz CT molecular complexity index is 557. The van der Waals surface area contributed by atoms with E-state index in [9.17, 15) is 0 Å². The number of benzene rings is 1. The minimum Gasteiger partial charge on any atom is -0.461 e. The van der Waals surface area contributed by atoms with Crippen LogP contribution in [0.3, 0.4) is 0 Å². The molecule has 0 spiro atoms. The zero-order chi connectivity index (χ0) is 13.2. The largest absolute Gasteiger partial charge is 0.461 e. The monoisotopic (exact) mass is 257 g/mol. The Morgan fingerprint density at radius 1 is 1.16 bits per heavy atom. The van der Waals surface area contributed by atoms with Gasteiger partial charge in [-0.3, -0.25) is 0 Å². The van der Waals surface area contributed by atoms with Gasteiger partial charge in [0.15, 0.2) is 0 Å². The van der Waals surface area contributed by atoms with Gasteiger partial charge in [-0.2, -0.15) is 0 Å². The second-order valence-electron chi connectivity index (χ2n) is 5.93. The van der Waals surface area contributed by atoms with Crippen LogP contribution in [0.25, 0.3) is 11.0 Å². The lowest BCUT2D eigenvalue weighted by Crippen LogP contribution is -2.20. The van der Waals surface area contributed by atoms with Crippen LogP contribution >= 0.6 is 0 Å². The molecule has 2 nitrogen and oxygen atoms in total. The van der Waals surface area contributed by atoms with Gasteiger partial charge in [-0.05, 0) is 50.4 Å². The summed E-state index contributed by atoms with van der Waals surface area (Å²) in [4.78, 5) is 0. The first-order valence-electron chi connectivity index (χ1n) is 7.48. The number of aryl methyl sites for hydroxylation is 1. The summed E-state index contributed by atoms with van der Waals surface area (Å²) in [6.45, 7) is 2.90. The maximum Gasteiger partial charge on any atom is 0.134 e. The van der Waals surface area contributed by atoms with Crippen LogP contribution in [-0.4, -0.2) is 6.54 Å². The lowest BCUT2D eigenvalue weighted by Gasteiger charge is -2.21. The smallest absolute Gasteiger partial charge is 0.134 e. The van der Waals surface area contributed by atoms with E-state index in [0.717, 1.165) is 17.9 Å². The van der Waals surface area contributed by atoms with E-state index < -0.39 is 0 Å². The third-order valence-corrected chi connectivity index (χ3v) is 4.52. The first-order chi connectivity index (χ1) is 9.28. The van der Waals surface area contributed by atoms with Gasteiger partial charge in [0, 0.05) is 11.3 Å². The highest BCUT2D eigenvalue weighted by atomic mass is 16.3.